The van der Waals surface area contributed by atoms with Crippen LogP contribution in [0.25, 0.3) is 0 Å². The van der Waals surface area contributed by atoms with Gasteiger partial charge in [0, 0.05) is 12.8 Å². The van der Waals surface area contributed by atoms with Crippen molar-refractivity contribution in [2.45, 2.75) is 17.1 Å². The number of aliphatic hydroxyl groups excluding tert-OH is 1. The highest BCUT2D eigenvalue weighted by Gasteiger charge is 2.29. The van der Waals surface area contributed by atoms with Crippen molar-refractivity contribution in [3.05, 3.63) is 42.2 Å². The fraction of sp³-hybridized carbons (Fsp3) is 0.429. The van der Waals surface area contributed by atoms with Gasteiger partial charge < -0.3 is 15.0 Å². The molecule has 1 heterocycles. The molecule has 5 nitrogen and oxygen atoms in total. The first-order valence-electron chi connectivity index (χ1n) is 6.54. The quantitative estimate of drug-likeness (QED) is 0.755. The van der Waals surface area contributed by atoms with Crippen LogP contribution < -0.4 is 5.32 Å². The summed E-state index contributed by atoms with van der Waals surface area (Å²) in [4.78, 5) is 0. The van der Waals surface area contributed by atoms with Gasteiger partial charge >= 0.3 is 0 Å². The highest BCUT2D eigenvalue weighted by Crippen LogP contribution is 2.27. The summed E-state index contributed by atoms with van der Waals surface area (Å²) < 4.78 is 1.90. The number of aryl methyl sites for hydroxylation is 1. The Hall–Kier alpha value is -1.37. The van der Waals surface area contributed by atoms with Crippen molar-refractivity contribution < 1.29 is 5.11 Å². The lowest BCUT2D eigenvalue weighted by Crippen LogP contribution is -2.44. The zero-order valence-corrected chi connectivity index (χ0v) is 12.6. The lowest BCUT2D eigenvalue weighted by atomic mass is 9.88. The summed E-state index contributed by atoms with van der Waals surface area (Å²) in [5.41, 5.74) is 0.691. The Bertz CT molecular complexity index is 525. The van der Waals surface area contributed by atoms with Crippen LogP contribution in [0.5, 0.6) is 0 Å². The van der Waals surface area contributed by atoms with Gasteiger partial charge in [0.05, 0.1) is 12.1 Å². The molecule has 1 aromatic carbocycles. The van der Waals surface area contributed by atoms with Crippen molar-refractivity contribution in [2.24, 2.45) is 7.05 Å². The number of hydrogen-bond acceptors (Lipinski definition) is 5. The Kier molecular flexibility index (Phi) is 5.17. The molecule has 2 rings (SSSR count). The number of nitrogens with one attached hydrogen (secondary N) is 1. The third-order valence-corrected chi connectivity index (χ3v) is 4.54. The number of thioether (sulfide) groups is 1. The second kappa shape index (κ2) is 6.88. The van der Waals surface area contributed by atoms with Gasteiger partial charge in [-0.1, -0.05) is 42.1 Å². The van der Waals surface area contributed by atoms with Gasteiger partial charge in [-0.15, -0.1) is 10.2 Å². The molecule has 108 valence electrons. The zero-order valence-electron chi connectivity index (χ0n) is 11.8. The molecule has 0 radical (unpaired) electrons. The molecule has 6 heteroatoms. The Morgan fingerprint density at radius 3 is 2.65 bits per heavy atom. The van der Waals surface area contributed by atoms with Crippen molar-refractivity contribution >= 4 is 11.8 Å². The fourth-order valence-electron chi connectivity index (χ4n) is 2.14. The number of nitrogens with zero attached hydrogens (tertiary/aromatic N) is 3. The molecule has 0 spiro atoms. The van der Waals surface area contributed by atoms with E-state index in [0.29, 0.717) is 0 Å². The van der Waals surface area contributed by atoms with E-state index in [1.165, 1.54) is 0 Å². The molecule has 2 N–H and O–H groups in total. The number of likely N-dealkylation sites (N-methyl/N-ethyl adjacent to an activating group) is 1. The average molecular weight is 292 g/mol. The second-order valence-corrected chi connectivity index (χ2v) is 5.74. The van der Waals surface area contributed by atoms with E-state index in [9.17, 15) is 5.11 Å². The highest BCUT2D eigenvalue weighted by atomic mass is 32.2. The Balaban J connectivity index is 2.04. The molecule has 20 heavy (non-hydrogen) atoms. The number of aromatic nitrogens is 3. The smallest absolute Gasteiger partial charge is 0.190 e. The van der Waals surface area contributed by atoms with Crippen LogP contribution in [0.4, 0.5) is 0 Å². The molecule has 2 aromatic rings. The monoisotopic (exact) mass is 292 g/mol. The SMILES string of the molecule is CNC(CO)(CCSc1nncn1C)c1ccccc1. The van der Waals surface area contributed by atoms with Crippen LogP contribution in [0.1, 0.15) is 12.0 Å². The molecule has 0 aliphatic heterocycles. The van der Waals surface area contributed by atoms with E-state index in [1.54, 1.807) is 18.1 Å². The van der Waals surface area contributed by atoms with Crippen molar-refractivity contribution in [3.63, 3.8) is 0 Å². The van der Waals surface area contributed by atoms with Crippen molar-refractivity contribution in [2.75, 3.05) is 19.4 Å². The van der Waals surface area contributed by atoms with E-state index >= 15 is 0 Å². The largest absolute Gasteiger partial charge is 0.394 e. The van der Waals surface area contributed by atoms with Crippen LogP contribution in [0, 0.1) is 0 Å². The Morgan fingerprint density at radius 2 is 2.10 bits per heavy atom. The van der Waals surface area contributed by atoms with Crippen LogP contribution in [-0.2, 0) is 12.6 Å². The molecule has 0 amide bonds. The van der Waals surface area contributed by atoms with Gasteiger partial charge in [-0.05, 0) is 19.0 Å². The predicted octanol–water partition coefficient (Wildman–Crippen LogP) is 1.40. The van der Waals surface area contributed by atoms with Gasteiger partial charge in [-0.3, -0.25) is 0 Å². The second-order valence-electron chi connectivity index (χ2n) is 4.68. The molecule has 0 aliphatic rings. The molecule has 1 unspecified atom stereocenters. The van der Waals surface area contributed by atoms with Crippen LogP contribution in [0.15, 0.2) is 41.8 Å². The van der Waals surface area contributed by atoms with Crippen LogP contribution in [0.3, 0.4) is 0 Å². The number of hydrogen-bond donors (Lipinski definition) is 2. The van der Waals surface area contributed by atoms with Gasteiger partial charge in [-0.25, -0.2) is 0 Å². The Morgan fingerprint density at radius 1 is 1.35 bits per heavy atom. The predicted molar refractivity (Wildman–Crippen MR) is 80.6 cm³/mol. The normalized spacial score (nSPS) is 14.2. The zero-order chi connectivity index (χ0) is 14.4. The molecular weight excluding hydrogens is 272 g/mol. The van der Waals surface area contributed by atoms with Crippen LogP contribution in [-0.4, -0.2) is 39.3 Å². The van der Waals surface area contributed by atoms with E-state index < -0.39 is 5.54 Å². The lowest BCUT2D eigenvalue weighted by Gasteiger charge is -2.32. The third kappa shape index (κ3) is 3.20. The molecular formula is C14H20N4OS. The minimum absolute atomic E-state index is 0.0624. The van der Waals surface area contributed by atoms with Gasteiger partial charge in [-0.2, -0.15) is 0 Å². The number of aliphatic hydroxyl groups is 1. The molecule has 0 bridgehead atoms. The first-order valence-corrected chi connectivity index (χ1v) is 7.52. The maximum Gasteiger partial charge on any atom is 0.190 e. The van der Waals surface area contributed by atoms with Crippen LogP contribution in [0.2, 0.25) is 0 Å². The standard InChI is InChI=1S/C14H20N4OS/c1-15-14(10-19,12-6-4-3-5-7-12)8-9-20-13-17-16-11-18(13)2/h3-7,11,15,19H,8-10H2,1-2H3. The van der Waals surface area contributed by atoms with E-state index in [1.807, 2.05) is 49.0 Å². The summed E-state index contributed by atoms with van der Waals surface area (Å²) in [5, 5.41) is 21.9. The summed E-state index contributed by atoms with van der Waals surface area (Å²) in [6.07, 6.45) is 2.50. The molecule has 0 fully saturated rings. The summed E-state index contributed by atoms with van der Waals surface area (Å²) in [6.45, 7) is 0.0624. The van der Waals surface area contributed by atoms with E-state index in [0.717, 1.165) is 22.9 Å². The van der Waals surface area contributed by atoms with Gasteiger partial charge in [0.1, 0.15) is 6.33 Å². The summed E-state index contributed by atoms with van der Waals surface area (Å²) in [6, 6.07) is 10.1. The maximum atomic E-state index is 9.84. The van der Waals surface area contributed by atoms with Crippen molar-refractivity contribution in [1.82, 2.24) is 20.1 Å². The molecule has 0 saturated carbocycles. The lowest BCUT2D eigenvalue weighted by molar-refractivity contribution is 0.165. The summed E-state index contributed by atoms with van der Waals surface area (Å²) in [5.74, 6) is 0.850. The first kappa shape index (κ1) is 15.0. The van der Waals surface area contributed by atoms with E-state index in [2.05, 4.69) is 15.5 Å². The minimum Gasteiger partial charge on any atom is -0.394 e. The van der Waals surface area contributed by atoms with Gasteiger partial charge in [0.15, 0.2) is 5.16 Å². The fourth-order valence-corrected chi connectivity index (χ4v) is 3.13. The third-order valence-electron chi connectivity index (χ3n) is 3.50. The maximum absolute atomic E-state index is 9.84. The molecule has 1 atom stereocenters. The highest BCUT2D eigenvalue weighted by molar-refractivity contribution is 7.99. The van der Waals surface area contributed by atoms with Crippen molar-refractivity contribution in [3.8, 4) is 0 Å². The average Bonchev–Trinajstić information content (AvgIpc) is 2.90. The molecule has 1 aromatic heterocycles. The molecule has 0 saturated heterocycles. The van der Waals surface area contributed by atoms with Crippen LogP contribution >= 0.6 is 11.8 Å². The van der Waals surface area contributed by atoms with Crippen molar-refractivity contribution in [1.29, 1.82) is 0 Å². The number of rotatable bonds is 7. The minimum atomic E-state index is -0.410. The summed E-state index contributed by atoms with van der Waals surface area (Å²) in [7, 11) is 3.81. The first-order chi connectivity index (χ1) is 9.72. The van der Waals surface area contributed by atoms with E-state index in [4.69, 9.17) is 0 Å². The number of benzene rings is 1. The van der Waals surface area contributed by atoms with E-state index in [-0.39, 0.29) is 6.61 Å². The van der Waals surface area contributed by atoms with Gasteiger partial charge in [0.2, 0.25) is 0 Å². The summed E-state index contributed by atoms with van der Waals surface area (Å²) >= 11 is 1.64. The van der Waals surface area contributed by atoms with Gasteiger partial charge in [0.25, 0.3) is 0 Å². The Labute approximate surface area is 123 Å². The topological polar surface area (TPSA) is 63.0 Å². The molecule has 0 aliphatic carbocycles.